The molecule has 1 aliphatic carbocycles. The van der Waals surface area contributed by atoms with Crippen LogP contribution in [0.2, 0.25) is 0 Å². The number of anilines is 1. The van der Waals surface area contributed by atoms with Crippen LogP contribution in [-0.2, 0) is 0 Å². The number of carbonyl (C=O) groups is 3. The lowest BCUT2D eigenvalue weighted by Gasteiger charge is -2.37. The summed E-state index contributed by atoms with van der Waals surface area (Å²) in [6.07, 6.45) is 3.74. The van der Waals surface area contributed by atoms with Gasteiger partial charge < -0.3 is 9.64 Å². The average Bonchev–Trinajstić information content (AvgIpc) is 3.47. The first-order valence-electron chi connectivity index (χ1n) is 13.5. The standard InChI is InChI=1S/C34H24N2O6/c1-42-24-9-6-8-22(19-24)31(37)30-29(21-13-16-23(17-14-21)36(40)41)34(32(38)25-10-3-4-11-26(25)33(34)39)28-18-15-20-7-2-5-12-27(20)35(28)30/h2-19,28-30H,1H3/t28?,29-,30+/m1/s1. The molecule has 2 aliphatic heterocycles. The largest absolute Gasteiger partial charge is 0.497 e. The molecule has 3 atom stereocenters. The Balaban J connectivity index is 1.53. The van der Waals surface area contributed by atoms with E-state index in [9.17, 15) is 24.5 Å². The van der Waals surface area contributed by atoms with Crippen LogP contribution in [0.15, 0.2) is 103 Å². The summed E-state index contributed by atoms with van der Waals surface area (Å²) in [5, 5.41) is 11.5. The number of ketones is 3. The maximum atomic E-state index is 14.7. The topological polar surface area (TPSA) is 107 Å². The monoisotopic (exact) mass is 556 g/mol. The zero-order valence-electron chi connectivity index (χ0n) is 22.5. The predicted molar refractivity (Wildman–Crippen MR) is 156 cm³/mol. The van der Waals surface area contributed by atoms with Crippen LogP contribution in [0.4, 0.5) is 11.4 Å². The number of nitro benzene ring substituents is 1. The van der Waals surface area contributed by atoms with Gasteiger partial charge in [-0.15, -0.1) is 0 Å². The van der Waals surface area contributed by atoms with Crippen LogP contribution >= 0.6 is 0 Å². The summed E-state index contributed by atoms with van der Waals surface area (Å²) < 4.78 is 5.40. The summed E-state index contributed by atoms with van der Waals surface area (Å²) in [5.41, 5.74) is 1.27. The smallest absolute Gasteiger partial charge is 0.269 e. The number of nitro groups is 1. The van der Waals surface area contributed by atoms with E-state index in [1.54, 1.807) is 60.7 Å². The fraction of sp³-hybridized carbons (Fsp3) is 0.147. The molecule has 8 heteroatoms. The molecule has 0 N–H and O–H groups in total. The van der Waals surface area contributed by atoms with E-state index in [1.807, 2.05) is 41.3 Å². The van der Waals surface area contributed by atoms with Gasteiger partial charge in [0.15, 0.2) is 17.3 Å². The maximum Gasteiger partial charge on any atom is 0.269 e. The third-order valence-electron chi connectivity index (χ3n) is 8.80. The molecule has 0 amide bonds. The highest BCUT2D eigenvalue weighted by Crippen LogP contribution is 2.61. The first-order chi connectivity index (χ1) is 20.4. The van der Waals surface area contributed by atoms with Gasteiger partial charge in [-0.3, -0.25) is 24.5 Å². The second-order valence-corrected chi connectivity index (χ2v) is 10.7. The summed E-state index contributed by atoms with van der Waals surface area (Å²) >= 11 is 0. The number of benzene rings is 4. The van der Waals surface area contributed by atoms with Gasteiger partial charge in [0.05, 0.1) is 18.1 Å². The van der Waals surface area contributed by atoms with Crippen molar-refractivity contribution in [2.45, 2.75) is 18.0 Å². The second-order valence-electron chi connectivity index (χ2n) is 10.7. The van der Waals surface area contributed by atoms with Crippen LogP contribution < -0.4 is 9.64 Å². The van der Waals surface area contributed by atoms with E-state index in [0.29, 0.717) is 28.0 Å². The molecule has 7 rings (SSSR count). The highest BCUT2D eigenvalue weighted by Gasteiger charge is 2.71. The number of carbonyl (C=O) groups excluding carboxylic acids is 3. The molecule has 1 spiro atoms. The Morgan fingerprint density at radius 1 is 0.881 bits per heavy atom. The van der Waals surface area contributed by atoms with Gasteiger partial charge in [0.1, 0.15) is 17.2 Å². The number of rotatable bonds is 5. The summed E-state index contributed by atoms with van der Waals surface area (Å²) in [6, 6.07) is 25.2. The van der Waals surface area contributed by atoms with E-state index < -0.39 is 28.3 Å². The van der Waals surface area contributed by atoms with Gasteiger partial charge in [-0.2, -0.15) is 0 Å². The van der Waals surface area contributed by atoms with Crippen LogP contribution in [0.3, 0.4) is 0 Å². The van der Waals surface area contributed by atoms with Gasteiger partial charge in [-0.05, 0) is 29.3 Å². The number of methoxy groups -OCH3 is 1. The van der Waals surface area contributed by atoms with Gasteiger partial charge in [0, 0.05) is 40.4 Å². The normalized spacial score (nSPS) is 21.2. The Labute approximate surface area is 241 Å². The number of ether oxygens (including phenoxy) is 1. The van der Waals surface area contributed by atoms with Crippen LogP contribution in [-0.4, -0.2) is 41.5 Å². The lowest BCUT2D eigenvalue weighted by Crippen LogP contribution is -2.48. The molecule has 206 valence electrons. The van der Waals surface area contributed by atoms with Crippen molar-refractivity contribution >= 4 is 34.8 Å². The molecule has 4 aromatic rings. The molecule has 4 aromatic carbocycles. The van der Waals surface area contributed by atoms with Crippen LogP contribution in [0.1, 0.15) is 48.1 Å². The lowest BCUT2D eigenvalue weighted by atomic mass is 9.64. The molecular weight excluding hydrogens is 532 g/mol. The molecule has 1 fully saturated rings. The number of nitrogens with zero attached hydrogens (tertiary/aromatic N) is 2. The Morgan fingerprint density at radius 2 is 1.55 bits per heavy atom. The van der Waals surface area contributed by atoms with Crippen molar-refractivity contribution < 1.29 is 24.0 Å². The van der Waals surface area contributed by atoms with E-state index in [0.717, 1.165) is 11.3 Å². The minimum Gasteiger partial charge on any atom is -0.497 e. The van der Waals surface area contributed by atoms with Gasteiger partial charge >= 0.3 is 0 Å². The summed E-state index contributed by atoms with van der Waals surface area (Å²) in [7, 11) is 1.52. The van der Waals surface area contributed by atoms with Crippen molar-refractivity contribution in [1.29, 1.82) is 0 Å². The molecule has 0 radical (unpaired) electrons. The molecule has 0 aromatic heterocycles. The van der Waals surface area contributed by atoms with E-state index in [1.165, 1.54) is 19.2 Å². The number of hydrogen-bond acceptors (Lipinski definition) is 7. The van der Waals surface area contributed by atoms with E-state index in [4.69, 9.17) is 4.74 Å². The van der Waals surface area contributed by atoms with E-state index >= 15 is 0 Å². The van der Waals surface area contributed by atoms with Crippen molar-refractivity contribution in [1.82, 2.24) is 0 Å². The number of hydrogen-bond donors (Lipinski definition) is 0. The molecule has 42 heavy (non-hydrogen) atoms. The number of non-ortho nitro benzene ring substituents is 1. The Hall–Kier alpha value is -5.37. The molecule has 8 nitrogen and oxygen atoms in total. The Bertz CT molecular complexity index is 1810. The van der Waals surface area contributed by atoms with Crippen molar-refractivity contribution in [3.05, 3.63) is 141 Å². The van der Waals surface area contributed by atoms with Crippen LogP contribution in [0.25, 0.3) is 6.08 Å². The highest BCUT2D eigenvalue weighted by atomic mass is 16.6. The second kappa shape index (κ2) is 9.34. The SMILES string of the molecule is COc1cccc(C(=O)[C@@H]2[C@@H](c3ccc([N+](=O)[O-])cc3)C3(C(=O)c4ccccc4C3=O)C3C=Cc4ccccc4N32)c1. The Kier molecular flexibility index (Phi) is 5.69. The van der Waals surface area contributed by atoms with Crippen molar-refractivity contribution in [2.75, 3.05) is 12.0 Å². The van der Waals surface area contributed by atoms with Gasteiger partial charge in [0.2, 0.25) is 0 Å². The molecule has 0 bridgehead atoms. The first-order valence-corrected chi connectivity index (χ1v) is 13.5. The quantitative estimate of drug-likeness (QED) is 0.130. The average molecular weight is 557 g/mol. The molecular formula is C34H24N2O6. The summed E-state index contributed by atoms with van der Waals surface area (Å²) in [5.74, 6) is -1.46. The minimum atomic E-state index is -1.68. The molecule has 0 saturated carbocycles. The molecule has 3 aliphatic rings. The zero-order chi connectivity index (χ0) is 29.2. The summed E-state index contributed by atoms with van der Waals surface area (Å²) in [4.78, 5) is 56.9. The van der Waals surface area contributed by atoms with Gasteiger partial charge in [0.25, 0.3) is 5.69 Å². The number of Topliss-reactive ketones (excluding diaryl/α,β-unsaturated/α-hetero) is 3. The lowest BCUT2D eigenvalue weighted by molar-refractivity contribution is -0.384. The minimum absolute atomic E-state index is 0.128. The molecule has 1 unspecified atom stereocenters. The van der Waals surface area contributed by atoms with Crippen LogP contribution in [0, 0.1) is 15.5 Å². The van der Waals surface area contributed by atoms with Gasteiger partial charge in [-0.25, -0.2) is 0 Å². The van der Waals surface area contributed by atoms with Gasteiger partial charge in [-0.1, -0.05) is 78.9 Å². The van der Waals surface area contributed by atoms with E-state index in [2.05, 4.69) is 0 Å². The number of fused-ring (bicyclic) bond motifs is 5. The zero-order valence-corrected chi connectivity index (χ0v) is 22.5. The predicted octanol–water partition coefficient (Wildman–Crippen LogP) is 5.92. The maximum absolute atomic E-state index is 14.7. The highest BCUT2D eigenvalue weighted by molar-refractivity contribution is 6.32. The van der Waals surface area contributed by atoms with Crippen molar-refractivity contribution in [3.8, 4) is 5.75 Å². The first kappa shape index (κ1) is 25.6. The molecule has 2 heterocycles. The Morgan fingerprint density at radius 3 is 2.21 bits per heavy atom. The van der Waals surface area contributed by atoms with Crippen molar-refractivity contribution in [2.24, 2.45) is 5.41 Å². The third kappa shape index (κ3) is 3.38. The van der Waals surface area contributed by atoms with Crippen LogP contribution in [0.5, 0.6) is 5.75 Å². The summed E-state index contributed by atoms with van der Waals surface area (Å²) in [6.45, 7) is 0. The number of para-hydroxylation sites is 1. The fourth-order valence-corrected chi connectivity index (χ4v) is 7.04. The van der Waals surface area contributed by atoms with E-state index in [-0.39, 0.29) is 23.0 Å². The van der Waals surface area contributed by atoms with Crippen molar-refractivity contribution in [3.63, 3.8) is 0 Å². The fourth-order valence-electron chi connectivity index (χ4n) is 7.04. The third-order valence-corrected chi connectivity index (χ3v) is 8.80. The molecule has 1 saturated heterocycles.